The van der Waals surface area contributed by atoms with E-state index < -0.39 is 0 Å². The Balaban J connectivity index is 0.000000605. The zero-order valence-corrected chi connectivity index (χ0v) is 6.07. The lowest BCUT2D eigenvalue weighted by Crippen LogP contribution is -1.78. The molecule has 3 heteroatoms. The fraction of sp³-hybridized carbons (Fsp3) is 0. The van der Waals surface area contributed by atoms with Gasteiger partial charge in [-0.15, -0.1) is 0 Å². The monoisotopic (exact) mass is 147 g/mol. The molecule has 56 valence electrons. The normalized spacial score (nSPS) is 9.09. The average molecular weight is 147 g/mol. The Labute approximate surface area is 64.7 Å². The van der Waals surface area contributed by atoms with Gasteiger partial charge in [-0.05, 0) is 12.1 Å². The third-order valence-electron chi connectivity index (χ3n) is 1.38. The van der Waals surface area contributed by atoms with E-state index in [1.165, 1.54) is 0 Å². The van der Waals surface area contributed by atoms with Crippen LogP contribution in [0, 0.1) is 0 Å². The van der Waals surface area contributed by atoms with Crippen LogP contribution in [0.1, 0.15) is 0 Å². The van der Waals surface area contributed by atoms with E-state index >= 15 is 0 Å². The summed E-state index contributed by atoms with van der Waals surface area (Å²) in [6.45, 7) is 0. The number of hydrogen-bond donors (Lipinski definition) is 1. The van der Waals surface area contributed by atoms with Gasteiger partial charge in [0.25, 0.3) is 0 Å². The van der Waals surface area contributed by atoms with E-state index in [4.69, 9.17) is 0 Å². The predicted molar refractivity (Wildman–Crippen MR) is 44.6 cm³/mol. The summed E-state index contributed by atoms with van der Waals surface area (Å²) in [6, 6.07) is 7.80. The van der Waals surface area contributed by atoms with Crippen LogP contribution in [-0.4, -0.2) is 9.97 Å². The Morgan fingerprint density at radius 1 is 0.818 bits per heavy atom. The molecule has 0 fully saturated rings. The highest BCUT2D eigenvalue weighted by Gasteiger charge is 1.88. The summed E-state index contributed by atoms with van der Waals surface area (Å²) in [7, 11) is 0. The number of hydrogen-bond acceptors (Lipinski definition) is 3. The van der Waals surface area contributed by atoms with Crippen molar-refractivity contribution in [1.29, 1.82) is 0 Å². The van der Waals surface area contributed by atoms with E-state index in [9.17, 15) is 0 Å². The third kappa shape index (κ3) is 1.33. The molecule has 0 atom stereocenters. The van der Waals surface area contributed by atoms with Crippen LogP contribution in [0.2, 0.25) is 0 Å². The molecule has 0 spiro atoms. The van der Waals surface area contributed by atoms with Crippen LogP contribution in [0.15, 0.2) is 36.7 Å². The van der Waals surface area contributed by atoms with Crippen molar-refractivity contribution >= 4 is 11.0 Å². The van der Waals surface area contributed by atoms with E-state index in [1.54, 1.807) is 12.4 Å². The zero-order chi connectivity index (χ0) is 6.81. The minimum absolute atomic E-state index is 0. The molecule has 1 heterocycles. The van der Waals surface area contributed by atoms with Crippen molar-refractivity contribution in [3.63, 3.8) is 0 Å². The minimum atomic E-state index is 0. The molecule has 0 aliphatic heterocycles. The van der Waals surface area contributed by atoms with Gasteiger partial charge in [0.2, 0.25) is 0 Å². The van der Waals surface area contributed by atoms with Crippen molar-refractivity contribution in [2.45, 2.75) is 0 Å². The third-order valence-corrected chi connectivity index (χ3v) is 1.38. The van der Waals surface area contributed by atoms with Crippen LogP contribution in [-0.2, 0) is 0 Å². The molecule has 1 aromatic heterocycles. The molecular weight excluding hydrogens is 138 g/mol. The van der Waals surface area contributed by atoms with Gasteiger partial charge in [0.05, 0.1) is 11.0 Å². The molecule has 3 N–H and O–H groups in total. The summed E-state index contributed by atoms with van der Waals surface area (Å²) < 4.78 is 0. The van der Waals surface area contributed by atoms with Gasteiger partial charge in [0.15, 0.2) is 0 Å². The number of para-hydroxylation sites is 2. The fourth-order valence-corrected chi connectivity index (χ4v) is 0.910. The molecule has 0 unspecified atom stereocenters. The van der Waals surface area contributed by atoms with Crippen LogP contribution < -0.4 is 6.15 Å². The van der Waals surface area contributed by atoms with Gasteiger partial charge in [0.1, 0.15) is 0 Å². The van der Waals surface area contributed by atoms with Gasteiger partial charge in [-0.3, -0.25) is 9.97 Å². The van der Waals surface area contributed by atoms with Crippen LogP contribution in [0.25, 0.3) is 11.0 Å². The molecule has 0 saturated carbocycles. The van der Waals surface area contributed by atoms with Crippen LogP contribution in [0.4, 0.5) is 0 Å². The molecule has 0 radical (unpaired) electrons. The number of aromatic nitrogens is 2. The maximum atomic E-state index is 4.12. The SMILES string of the molecule is N.c1ccc2nccnc2c1. The maximum Gasteiger partial charge on any atom is 0.0886 e. The second-order valence-corrected chi connectivity index (χ2v) is 2.05. The van der Waals surface area contributed by atoms with Gasteiger partial charge in [-0.25, -0.2) is 0 Å². The second kappa shape index (κ2) is 3.07. The highest BCUT2D eigenvalue weighted by Crippen LogP contribution is 2.04. The summed E-state index contributed by atoms with van der Waals surface area (Å²) in [5, 5.41) is 0. The highest BCUT2D eigenvalue weighted by molar-refractivity contribution is 5.72. The minimum Gasteiger partial charge on any atom is -0.344 e. The molecule has 0 saturated heterocycles. The lowest BCUT2D eigenvalue weighted by atomic mass is 10.3. The van der Waals surface area contributed by atoms with Gasteiger partial charge >= 0.3 is 0 Å². The van der Waals surface area contributed by atoms with Gasteiger partial charge in [-0.2, -0.15) is 0 Å². The van der Waals surface area contributed by atoms with Crippen LogP contribution >= 0.6 is 0 Å². The Hall–Kier alpha value is -1.48. The summed E-state index contributed by atoms with van der Waals surface area (Å²) in [4.78, 5) is 8.24. The van der Waals surface area contributed by atoms with Crippen molar-refractivity contribution < 1.29 is 0 Å². The standard InChI is InChI=1S/C8H6N2.H3N/c1-2-4-8-7(3-1)9-5-6-10-8;/h1-6H;1H3. The first-order valence-electron chi connectivity index (χ1n) is 3.12. The molecule has 0 aliphatic carbocycles. The highest BCUT2D eigenvalue weighted by atomic mass is 14.8. The van der Waals surface area contributed by atoms with Gasteiger partial charge in [-0.1, -0.05) is 12.1 Å². The van der Waals surface area contributed by atoms with E-state index in [-0.39, 0.29) is 6.15 Å². The Morgan fingerprint density at radius 2 is 1.27 bits per heavy atom. The van der Waals surface area contributed by atoms with Crippen molar-refractivity contribution in [2.75, 3.05) is 0 Å². The predicted octanol–water partition coefficient (Wildman–Crippen LogP) is 1.79. The summed E-state index contributed by atoms with van der Waals surface area (Å²) in [6.07, 6.45) is 3.39. The number of nitrogens with zero attached hydrogens (tertiary/aromatic N) is 2. The zero-order valence-electron chi connectivity index (χ0n) is 6.07. The summed E-state index contributed by atoms with van der Waals surface area (Å²) in [5.74, 6) is 0. The molecule has 2 aromatic rings. The molecule has 0 aliphatic rings. The number of rotatable bonds is 0. The lowest BCUT2D eigenvalue weighted by molar-refractivity contribution is 1.29. The van der Waals surface area contributed by atoms with E-state index in [1.807, 2.05) is 24.3 Å². The number of benzene rings is 1. The molecule has 2 rings (SSSR count). The first-order valence-corrected chi connectivity index (χ1v) is 3.12. The first kappa shape index (κ1) is 7.63. The Bertz CT molecular complexity index is 280. The smallest absolute Gasteiger partial charge is 0.0886 e. The van der Waals surface area contributed by atoms with Crippen molar-refractivity contribution in [2.24, 2.45) is 0 Å². The second-order valence-electron chi connectivity index (χ2n) is 2.05. The molecule has 3 nitrogen and oxygen atoms in total. The molecule has 0 amide bonds. The van der Waals surface area contributed by atoms with Crippen molar-refractivity contribution in [3.8, 4) is 0 Å². The van der Waals surface area contributed by atoms with Crippen LogP contribution in [0.3, 0.4) is 0 Å². The Morgan fingerprint density at radius 3 is 1.73 bits per heavy atom. The van der Waals surface area contributed by atoms with E-state index in [0.717, 1.165) is 11.0 Å². The Kier molecular flexibility index (Phi) is 2.13. The maximum absolute atomic E-state index is 4.12. The largest absolute Gasteiger partial charge is 0.344 e. The van der Waals surface area contributed by atoms with Crippen molar-refractivity contribution in [1.82, 2.24) is 16.1 Å². The van der Waals surface area contributed by atoms with Gasteiger partial charge < -0.3 is 6.15 Å². The van der Waals surface area contributed by atoms with Crippen molar-refractivity contribution in [3.05, 3.63) is 36.7 Å². The summed E-state index contributed by atoms with van der Waals surface area (Å²) in [5.41, 5.74) is 1.90. The molecule has 11 heavy (non-hydrogen) atoms. The van der Waals surface area contributed by atoms with E-state index in [2.05, 4.69) is 9.97 Å². The molecule has 1 aromatic carbocycles. The topological polar surface area (TPSA) is 60.8 Å². The van der Waals surface area contributed by atoms with Crippen LogP contribution in [0.5, 0.6) is 0 Å². The van der Waals surface area contributed by atoms with Gasteiger partial charge in [0, 0.05) is 12.4 Å². The first-order chi connectivity index (χ1) is 4.97. The molecule has 0 bridgehead atoms. The average Bonchev–Trinajstić information content (AvgIpc) is 2.05. The van der Waals surface area contributed by atoms with E-state index in [0.29, 0.717) is 0 Å². The quantitative estimate of drug-likeness (QED) is 0.618. The molecular formula is C8H9N3. The summed E-state index contributed by atoms with van der Waals surface area (Å²) >= 11 is 0. The lowest BCUT2D eigenvalue weighted by Gasteiger charge is -1.90. The fourth-order valence-electron chi connectivity index (χ4n) is 0.910. The number of fused-ring (bicyclic) bond motifs is 1.